The van der Waals surface area contributed by atoms with Crippen LogP contribution in [-0.2, 0) is 4.74 Å². The molecule has 6 heteroatoms. The predicted octanol–water partition coefficient (Wildman–Crippen LogP) is 4.07. The van der Waals surface area contributed by atoms with Gasteiger partial charge < -0.3 is 19.6 Å². The molecule has 0 aliphatic rings. The number of aliphatic hydroxyl groups excluding tert-OH is 1. The molecule has 2 atom stereocenters. The molecule has 0 saturated heterocycles. The van der Waals surface area contributed by atoms with Gasteiger partial charge in [-0.1, -0.05) is 43.3 Å². The third kappa shape index (κ3) is 4.89. The number of nitrogens with one attached hydrogen (secondary N) is 1. The van der Waals surface area contributed by atoms with Crippen molar-refractivity contribution in [1.29, 1.82) is 0 Å². The Morgan fingerprint density at radius 3 is 2.56 bits per heavy atom. The summed E-state index contributed by atoms with van der Waals surface area (Å²) in [5.74, 6) is 0.488. The average molecular weight is 390 g/mol. The lowest BCUT2D eigenvalue weighted by molar-refractivity contribution is 0.0600. The van der Waals surface area contributed by atoms with Crippen molar-refractivity contribution < 1.29 is 19.1 Å². The minimum absolute atomic E-state index is 0. The van der Waals surface area contributed by atoms with Gasteiger partial charge in [-0.25, -0.2) is 4.79 Å². The Bertz CT molecular complexity index is 875. The van der Waals surface area contributed by atoms with E-state index in [2.05, 4.69) is 12.2 Å². The topological polar surface area (TPSA) is 71.7 Å². The molecule has 0 bridgehead atoms. The van der Waals surface area contributed by atoms with E-state index in [0.717, 1.165) is 16.3 Å². The number of furan rings is 1. The van der Waals surface area contributed by atoms with Crippen molar-refractivity contribution in [2.45, 2.75) is 18.9 Å². The number of benzene rings is 2. The minimum Gasteiger partial charge on any atom is -0.465 e. The number of aliphatic hydroxyl groups is 1. The Labute approximate surface area is 164 Å². The Morgan fingerprint density at radius 1 is 1.15 bits per heavy atom. The molecular weight excluding hydrogens is 366 g/mol. The maximum Gasteiger partial charge on any atom is 0.337 e. The molecule has 0 aliphatic carbocycles. The van der Waals surface area contributed by atoms with Gasteiger partial charge in [-0.2, -0.15) is 0 Å². The summed E-state index contributed by atoms with van der Waals surface area (Å²) in [5, 5.41) is 15.6. The summed E-state index contributed by atoms with van der Waals surface area (Å²) in [6.07, 6.45) is 0.961. The summed E-state index contributed by atoms with van der Waals surface area (Å²) in [7, 11) is 1.37. The summed E-state index contributed by atoms with van der Waals surface area (Å²) in [5.41, 5.74) is 1.65. The van der Waals surface area contributed by atoms with Gasteiger partial charge in [-0.3, -0.25) is 0 Å². The zero-order valence-corrected chi connectivity index (χ0v) is 16.2. The van der Waals surface area contributed by atoms with Crippen LogP contribution >= 0.6 is 12.4 Å². The number of carbonyl (C=O) groups is 1. The number of rotatable bonds is 7. The number of methoxy groups -OCH3 is 1. The lowest BCUT2D eigenvalue weighted by Crippen LogP contribution is -2.25. The van der Waals surface area contributed by atoms with Crippen LogP contribution in [0.2, 0.25) is 0 Å². The van der Waals surface area contributed by atoms with Gasteiger partial charge >= 0.3 is 5.97 Å². The minimum atomic E-state index is -0.705. The van der Waals surface area contributed by atoms with E-state index in [1.54, 1.807) is 18.4 Å². The smallest absolute Gasteiger partial charge is 0.337 e. The fourth-order valence-electron chi connectivity index (χ4n) is 2.99. The largest absolute Gasteiger partial charge is 0.465 e. The average Bonchev–Trinajstić information content (AvgIpc) is 3.11. The van der Waals surface area contributed by atoms with Crippen LogP contribution in [-0.4, -0.2) is 31.3 Å². The van der Waals surface area contributed by atoms with Crippen molar-refractivity contribution >= 4 is 29.1 Å². The SMILES string of the molecule is COC(=O)c1ccc(C(C)CNC[C@@H](O)c2occ3ccccc23)cc1.Cl. The van der Waals surface area contributed by atoms with Crippen molar-refractivity contribution in [3.8, 4) is 0 Å². The van der Waals surface area contributed by atoms with Crippen LogP contribution in [0.15, 0.2) is 59.2 Å². The van der Waals surface area contributed by atoms with E-state index in [1.807, 2.05) is 36.4 Å². The molecule has 27 heavy (non-hydrogen) atoms. The first-order chi connectivity index (χ1) is 12.6. The molecule has 1 heterocycles. The summed E-state index contributed by atoms with van der Waals surface area (Å²) >= 11 is 0. The highest BCUT2D eigenvalue weighted by Gasteiger charge is 2.16. The first-order valence-electron chi connectivity index (χ1n) is 8.63. The fraction of sp³-hybridized carbons (Fsp3) is 0.286. The molecule has 3 rings (SSSR count). The predicted molar refractivity (Wildman–Crippen MR) is 107 cm³/mol. The first-order valence-corrected chi connectivity index (χ1v) is 8.63. The second-order valence-corrected chi connectivity index (χ2v) is 6.38. The van der Waals surface area contributed by atoms with E-state index in [-0.39, 0.29) is 24.3 Å². The van der Waals surface area contributed by atoms with Crippen molar-refractivity contribution in [2.75, 3.05) is 20.2 Å². The van der Waals surface area contributed by atoms with Gasteiger partial charge in [0.25, 0.3) is 0 Å². The van der Waals surface area contributed by atoms with E-state index >= 15 is 0 Å². The first kappa shape index (κ1) is 21.0. The summed E-state index contributed by atoms with van der Waals surface area (Å²) in [6, 6.07) is 15.2. The van der Waals surface area contributed by atoms with Crippen molar-refractivity contribution in [2.24, 2.45) is 0 Å². The summed E-state index contributed by atoms with van der Waals surface area (Å²) in [6.45, 7) is 3.20. The summed E-state index contributed by atoms with van der Waals surface area (Å²) in [4.78, 5) is 11.5. The highest BCUT2D eigenvalue weighted by atomic mass is 35.5. The Morgan fingerprint density at radius 2 is 1.85 bits per heavy atom. The van der Waals surface area contributed by atoms with E-state index in [9.17, 15) is 9.90 Å². The molecule has 1 unspecified atom stereocenters. The molecule has 3 aromatic rings. The molecule has 0 amide bonds. The quantitative estimate of drug-likeness (QED) is 0.596. The number of ether oxygens (including phenoxy) is 1. The summed E-state index contributed by atoms with van der Waals surface area (Å²) < 4.78 is 10.2. The van der Waals surface area contributed by atoms with E-state index in [0.29, 0.717) is 24.4 Å². The van der Waals surface area contributed by atoms with Crippen LogP contribution in [0.1, 0.15) is 40.6 Å². The van der Waals surface area contributed by atoms with Gasteiger partial charge in [0.05, 0.1) is 18.9 Å². The highest BCUT2D eigenvalue weighted by Crippen LogP contribution is 2.26. The molecule has 0 spiro atoms. The van der Waals surface area contributed by atoms with Crippen molar-refractivity contribution in [1.82, 2.24) is 5.32 Å². The normalized spacial score (nSPS) is 13.0. The molecule has 1 aromatic heterocycles. The van der Waals surface area contributed by atoms with Crippen LogP contribution in [0.25, 0.3) is 10.8 Å². The van der Waals surface area contributed by atoms with Gasteiger partial charge in [0.2, 0.25) is 0 Å². The Hall–Kier alpha value is -2.34. The molecule has 0 radical (unpaired) electrons. The van der Waals surface area contributed by atoms with Crippen molar-refractivity contribution in [3.05, 3.63) is 71.7 Å². The van der Waals surface area contributed by atoms with Crippen LogP contribution in [0, 0.1) is 0 Å². The molecule has 2 aromatic carbocycles. The van der Waals surface area contributed by atoms with Gasteiger partial charge in [-0.15, -0.1) is 12.4 Å². The third-order valence-corrected chi connectivity index (χ3v) is 4.53. The van der Waals surface area contributed by atoms with Gasteiger partial charge in [-0.05, 0) is 23.6 Å². The van der Waals surface area contributed by atoms with E-state index in [1.165, 1.54) is 7.11 Å². The highest BCUT2D eigenvalue weighted by molar-refractivity contribution is 5.89. The molecule has 2 N–H and O–H groups in total. The zero-order chi connectivity index (χ0) is 18.5. The molecule has 0 saturated carbocycles. The van der Waals surface area contributed by atoms with Crippen LogP contribution in [0.5, 0.6) is 0 Å². The van der Waals surface area contributed by atoms with E-state index < -0.39 is 6.10 Å². The zero-order valence-electron chi connectivity index (χ0n) is 15.3. The number of hydrogen-bond donors (Lipinski definition) is 2. The van der Waals surface area contributed by atoms with Gasteiger partial charge in [0.1, 0.15) is 11.9 Å². The van der Waals surface area contributed by atoms with Gasteiger partial charge in [0.15, 0.2) is 0 Å². The number of fused-ring (bicyclic) bond motifs is 1. The van der Waals surface area contributed by atoms with Crippen molar-refractivity contribution in [3.63, 3.8) is 0 Å². The lowest BCUT2D eigenvalue weighted by Gasteiger charge is -2.15. The fourth-order valence-corrected chi connectivity index (χ4v) is 2.99. The standard InChI is InChI=1S/C21H23NO4.ClH/c1-14(15-7-9-16(10-8-15)21(24)25-2)11-22-12-19(23)20-18-6-4-3-5-17(18)13-26-20;/h3-10,13-14,19,22-23H,11-12H2,1-2H3;1H/t14?,19-;/m1./s1. The maximum atomic E-state index is 11.5. The number of esters is 1. The molecule has 5 nitrogen and oxygen atoms in total. The van der Waals surface area contributed by atoms with Crippen LogP contribution < -0.4 is 5.32 Å². The molecular formula is C21H24ClNO4. The van der Waals surface area contributed by atoms with E-state index in [4.69, 9.17) is 9.15 Å². The molecule has 0 aliphatic heterocycles. The second-order valence-electron chi connectivity index (χ2n) is 6.38. The molecule has 144 valence electrons. The van der Waals surface area contributed by atoms with Crippen LogP contribution in [0.4, 0.5) is 0 Å². The third-order valence-electron chi connectivity index (χ3n) is 4.53. The second kappa shape index (κ2) is 9.55. The monoisotopic (exact) mass is 389 g/mol. The van der Waals surface area contributed by atoms with Crippen LogP contribution in [0.3, 0.4) is 0 Å². The Balaban J connectivity index is 0.00000261. The number of hydrogen-bond acceptors (Lipinski definition) is 5. The number of carbonyl (C=O) groups excluding carboxylic acids is 1. The number of halogens is 1. The van der Waals surface area contributed by atoms with Gasteiger partial charge in [0, 0.05) is 23.9 Å². The Kier molecular flexibility index (Phi) is 7.42. The molecule has 0 fully saturated rings. The lowest BCUT2D eigenvalue weighted by atomic mass is 9.99. The maximum absolute atomic E-state index is 11.5.